The van der Waals surface area contributed by atoms with Crippen molar-refractivity contribution >= 4 is 6.09 Å². The number of carbonyl (C=O) groups excluding carboxylic acids is 1. The van der Waals surface area contributed by atoms with Crippen LogP contribution >= 0.6 is 0 Å². The smallest absolute Gasteiger partial charge is 0.409 e. The molecule has 1 unspecified atom stereocenters. The molecule has 0 aromatic heterocycles. The number of amides is 1. The van der Waals surface area contributed by atoms with Crippen molar-refractivity contribution in [1.29, 1.82) is 0 Å². The summed E-state index contributed by atoms with van der Waals surface area (Å²) in [5.74, 6) is 2.31. The second kappa shape index (κ2) is 24.4. The number of carbonyl (C=O) groups is 1. The van der Waals surface area contributed by atoms with Crippen LogP contribution in [0, 0.1) is 23.2 Å². The molecule has 3 heteroatoms. The molecule has 1 aliphatic carbocycles. The van der Waals surface area contributed by atoms with Gasteiger partial charge in [0.05, 0.1) is 6.61 Å². The summed E-state index contributed by atoms with van der Waals surface area (Å²) in [6, 6.07) is 0. The molecule has 1 heterocycles. The summed E-state index contributed by atoms with van der Waals surface area (Å²) < 4.78 is 5.00. The molecular weight excluding hydrogens is 430 g/mol. The third-order valence-corrected chi connectivity index (χ3v) is 6.52. The third kappa shape index (κ3) is 15.5. The van der Waals surface area contributed by atoms with Gasteiger partial charge in [-0.15, -0.1) is 0 Å². The molecule has 3 nitrogen and oxygen atoms in total. The highest BCUT2D eigenvalue weighted by Gasteiger charge is 2.47. The summed E-state index contributed by atoms with van der Waals surface area (Å²) in [6.07, 6.45) is 14.5. The fourth-order valence-electron chi connectivity index (χ4n) is 5.27. The van der Waals surface area contributed by atoms with E-state index in [-0.39, 0.29) is 6.09 Å². The molecule has 1 aliphatic heterocycles. The first kappa shape index (κ1) is 38.3. The van der Waals surface area contributed by atoms with Gasteiger partial charge in [0.25, 0.3) is 0 Å². The fraction of sp³-hybridized carbons (Fsp3) is 0.844. The summed E-state index contributed by atoms with van der Waals surface area (Å²) in [7, 11) is 0. The van der Waals surface area contributed by atoms with Crippen LogP contribution in [0.15, 0.2) is 24.3 Å². The van der Waals surface area contributed by atoms with E-state index in [1.807, 2.05) is 59.4 Å². The van der Waals surface area contributed by atoms with Crippen molar-refractivity contribution < 1.29 is 9.53 Å². The zero-order valence-corrected chi connectivity index (χ0v) is 26.1. The number of allylic oxidation sites excluding steroid dienone is 3. The predicted octanol–water partition coefficient (Wildman–Crippen LogP) is 10.7. The fourth-order valence-corrected chi connectivity index (χ4v) is 5.27. The van der Waals surface area contributed by atoms with Crippen LogP contribution in [0.25, 0.3) is 0 Å². The third-order valence-electron chi connectivity index (χ3n) is 6.52. The van der Waals surface area contributed by atoms with Gasteiger partial charge >= 0.3 is 6.09 Å². The maximum absolute atomic E-state index is 11.5. The first-order valence-electron chi connectivity index (χ1n) is 15.1. The maximum atomic E-state index is 11.5. The van der Waals surface area contributed by atoms with Crippen LogP contribution in [0.1, 0.15) is 134 Å². The van der Waals surface area contributed by atoms with E-state index in [0.29, 0.717) is 17.9 Å². The lowest BCUT2D eigenvalue weighted by atomic mass is 9.62. The quantitative estimate of drug-likeness (QED) is 0.298. The van der Waals surface area contributed by atoms with Crippen molar-refractivity contribution in [3.05, 3.63) is 24.3 Å². The lowest BCUT2D eigenvalue weighted by Crippen LogP contribution is -2.40. The van der Waals surface area contributed by atoms with Crippen LogP contribution in [-0.4, -0.2) is 30.7 Å². The molecule has 210 valence electrons. The molecule has 1 amide bonds. The van der Waals surface area contributed by atoms with Crippen molar-refractivity contribution in [3.8, 4) is 0 Å². The Hall–Kier alpha value is -1.25. The second-order valence-corrected chi connectivity index (χ2v) is 9.57. The highest BCUT2D eigenvalue weighted by Crippen LogP contribution is 2.51. The summed E-state index contributed by atoms with van der Waals surface area (Å²) >= 11 is 0. The SMILES string of the molecule is C=C/C=C(\C(C)C)C(CCC)CCCC.CC.CC.CC.CCOC(=O)N1CCC2(CC(C)C2)C1. The Kier molecular flexibility index (Phi) is 26.7. The first-order chi connectivity index (χ1) is 16.8. The van der Waals surface area contributed by atoms with Gasteiger partial charge in [-0.3, -0.25) is 0 Å². The summed E-state index contributed by atoms with van der Waals surface area (Å²) in [6.45, 7) is 31.4. The highest BCUT2D eigenvalue weighted by atomic mass is 16.6. The summed E-state index contributed by atoms with van der Waals surface area (Å²) in [4.78, 5) is 13.3. The van der Waals surface area contributed by atoms with Crippen molar-refractivity contribution in [2.75, 3.05) is 19.7 Å². The van der Waals surface area contributed by atoms with E-state index in [0.717, 1.165) is 24.9 Å². The zero-order chi connectivity index (χ0) is 27.9. The van der Waals surface area contributed by atoms with Gasteiger partial charge in [-0.2, -0.15) is 0 Å². The Balaban J connectivity index is -0.000000482. The highest BCUT2D eigenvalue weighted by molar-refractivity contribution is 5.68. The van der Waals surface area contributed by atoms with E-state index in [4.69, 9.17) is 4.74 Å². The van der Waals surface area contributed by atoms with Crippen LogP contribution in [-0.2, 0) is 4.74 Å². The first-order valence-corrected chi connectivity index (χ1v) is 15.1. The van der Waals surface area contributed by atoms with Crippen LogP contribution < -0.4 is 0 Å². The van der Waals surface area contributed by atoms with Crippen LogP contribution in [0.4, 0.5) is 4.79 Å². The topological polar surface area (TPSA) is 29.5 Å². The Morgan fingerprint density at radius 1 is 1.03 bits per heavy atom. The van der Waals surface area contributed by atoms with Crippen LogP contribution in [0.2, 0.25) is 0 Å². The van der Waals surface area contributed by atoms with Crippen molar-refractivity contribution in [1.82, 2.24) is 4.90 Å². The minimum absolute atomic E-state index is 0.121. The minimum Gasteiger partial charge on any atom is -0.450 e. The number of nitrogens with zero attached hydrogens (tertiary/aromatic N) is 1. The minimum atomic E-state index is -0.121. The van der Waals surface area contributed by atoms with Crippen molar-refractivity contribution in [2.45, 2.75) is 134 Å². The predicted molar refractivity (Wildman–Crippen MR) is 159 cm³/mol. The normalized spacial score (nSPS) is 21.0. The van der Waals surface area contributed by atoms with E-state index in [1.165, 1.54) is 51.4 Å². The molecule has 2 fully saturated rings. The molecule has 1 spiro atoms. The molecule has 0 bridgehead atoms. The Morgan fingerprint density at radius 3 is 2.00 bits per heavy atom. The number of hydrogen-bond acceptors (Lipinski definition) is 2. The lowest BCUT2D eigenvalue weighted by Gasteiger charge is -2.43. The van der Waals surface area contributed by atoms with Gasteiger partial charge in [0.15, 0.2) is 0 Å². The van der Waals surface area contributed by atoms with Gasteiger partial charge in [0, 0.05) is 13.1 Å². The van der Waals surface area contributed by atoms with Crippen molar-refractivity contribution in [2.24, 2.45) is 23.2 Å². The number of hydrogen-bond donors (Lipinski definition) is 0. The largest absolute Gasteiger partial charge is 0.450 e. The molecule has 2 rings (SSSR count). The number of likely N-dealkylation sites (tertiary alicyclic amines) is 1. The number of rotatable bonds is 9. The monoisotopic (exact) mass is 496 g/mol. The molecule has 0 aromatic carbocycles. The van der Waals surface area contributed by atoms with Crippen molar-refractivity contribution in [3.63, 3.8) is 0 Å². The lowest BCUT2D eigenvalue weighted by molar-refractivity contribution is 0.0661. The van der Waals surface area contributed by atoms with Crippen LogP contribution in [0.5, 0.6) is 0 Å². The Bertz CT molecular complexity index is 518. The summed E-state index contributed by atoms with van der Waals surface area (Å²) in [5.41, 5.74) is 2.06. The Morgan fingerprint density at radius 2 is 1.60 bits per heavy atom. The van der Waals surface area contributed by atoms with Crippen LogP contribution in [0.3, 0.4) is 0 Å². The average molecular weight is 496 g/mol. The van der Waals surface area contributed by atoms with Gasteiger partial charge in [-0.05, 0) is 62.2 Å². The molecule has 2 aliphatic rings. The molecule has 0 aromatic rings. The molecule has 1 atom stereocenters. The Labute approximate surface area is 222 Å². The number of ether oxygens (including phenoxy) is 1. The van der Waals surface area contributed by atoms with E-state index in [9.17, 15) is 4.79 Å². The molecule has 0 N–H and O–H groups in total. The van der Waals surface area contributed by atoms with Gasteiger partial charge < -0.3 is 9.64 Å². The standard InChI is InChI=1S/C15H28.C11H19NO2.3C2H6/c1-6-9-12-14(10-7-2)15(11-8-3)13(4)5;1-3-14-10(13)12-5-4-11(8-12)6-9(2)7-11;3*1-2/h8,11,13-14H,3,6-7,9-10,12H2,1-2,4-5H3;9H,3-8H2,1-2H3;3*1-2H3/b15-11+;;;;. The molecule has 35 heavy (non-hydrogen) atoms. The molecular formula is C32H65NO2. The maximum Gasteiger partial charge on any atom is 0.409 e. The second-order valence-electron chi connectivity index (χ2n) is 9.57. The summed E-state index contributed by atoms with van der Waals surface area (Å²) in [5, 5.41) is 0. The molecule has 1 saturated heterocycles. The zero-order valence-electron chi connectivity index (χ0n) is 26.1. The number of unbranched alkanes of at least 4 members (excludes halogenated alkanes) is 1. The van der Waals surface area contributed by atoms with E-state index >= 15 is 0 Å². The molecule has 0 radical (unpaired) electrons. The van der Waals surface area contributed by atoms with E-state index < -0.39 is 0 Å². The van der Waals surface area contributed by atoms with E-state index in [1.54, 1.807) is 5.57 Å². The van der Waals surface area contributed by atoms with Gasteiger partial charge in [-0.1, -0.05) is 120 Å². The van der Waals surface area contributed by atoms with Gasteiger partial charge in [-0.25, -0.2) is 4.79 Å². The van der Waals surface area contributed by atoms with Gasteiger partial charge in [0.1, 0.15) is 0 Å². The average Bonchev–Trinajstić information content (AvgIpc) is 3.30. The van der Waals surface area contributed by atoms with E-state index in [2.05, 4.69) is 47.3 Å². The molecule has 1 saturated carbocycles. The van der Waals surface area contributed by atoms with Gasteiger partial charge in [0.2, 0.25) is 0 Å².